The number of hydrogen-bond donors (Lipinski definition) is 0. The Labute approximate surface area is 168 Å². The van der Waals surface area contributed by atoms with Crippen LogP contribution in [0.5, 0.6) is 0 Å². The number of nitrogens with zero attached hydrogens (tertiary/aromatic N) is 2. The smallest absolute Gasteiger partial charge is 0.229 e. The summed E-state index contributed by atoms with van der Waals surface area (Å²) < 4.78 is 13.4. The van der Waals surface area contributed by atoms with Crippen LogP contribution in [0.4, 0.5) is 10.1 Å². The molecule has 0 saturated carbocycles. The first-order valence-corrected chi connectivity index (χ1v) is 10.2. The van der Waals surface area contributed by atoms with Crippen molar-refractivity contribution in [1.82, 2.24) is 4.90 Å². The van der Waals surface area contributed by atoms with Crippen LogP contribution in [0.2, 0.25) is 0 Å². The third-order valence-corrected chi connectivity index (χ3v) is 5.74. The van der Waals surface area contributed by atoms with Gasteiger partial charge in [-0.25, -0.2) is 4.39 Å². The zero-order valence-electron chi connectivity index (χ0n) is 17.4. The number of likely N-dealkylation sites (tertiary alicyclic amines) is 1. The summed E-state index contributed by atoms with van der Waals surface area (Å²) in [6, 6.07) is 13.1. The number of rotatable bonds is 5. The minimum absolute atomic E-state index is 0.0846. The van der Waals surface area contributed by atoms with Crippen molar-refractivity contribution in [3.05, 3.63) is 65.0 Å². The summed E-state index contributed by atoms with van der Waals surface area (Å²) in [6.45, 7) is 11.0. The van der Waals surface area contributed by atoms with Crippen LogP contribution in [0.25, 0.3) is 0 Å². The summed E-state index contributed by atoms with van der Waals surface area (Å²) in [5.74, 6) is -0.248. The number of hydrogen-bond acceptors (Lipinski definition) is 2. The molecule has 0 bridgehead atoms. The van der Waals surface area contributed by atoms with E-state index < -0.39 is 0 Å². The maximum absolute atomic E-state index is 13.4. The molecule has 1 heterocycles. The van der Waals surface area contributed by atoms with Crippen molar-refractivity contribution in [1.29, 1.82) is 0 Å². The lowest BCUT2D eigenvalue weighted by molar-refractivity contribution is -0.122. The first-order valence-electron chi connectivity index (χ1n) is 10.2. The van der Waals surface area contributed by atoms with Crippen LogP contribution in [0, 0.1) is 25.6 Å². The van der Waals surface area contributed by atoms with E-state index in [9.17, 15) is 9.18 Å². The summed E-state index contributed by atoms with van der Waals surface area (Å²) in [5.41, 5.74) is 4.80. The van der Waals surface area contributed by atoms with Gasteiger partial charge in [0.2, 0.25) is 5.91 Å². The standard InChI is InChI=1S/C24H31FN2O/c1-17(2)24(28)27(22-9-7-21(25)8-10-22)23-11-13-26(14-12-23)16-20-6-5-18(3)19(4)15-20/h5-10,15,17,23H,11-14,16H2,1-4H3. The number of anilines is 1. The number of halogens is 1. The van der Waals surface area contributed by atoms with Crippen molar-refractivity contribution in [2.45, 2.75) is 53.1 Å². The van der Waals surface area contributed by atoms with E-state index in [0.29, 0.717) is 0 Å². The van der Waals surface area contributed by atoms with Crippen molar-refractivity contribution in [3.63, 3.8) is 0 Å². The molecule has 1 aliphatic heterocycles. The Morgan fingerprint density at radius 1 is 1.07 bits per heavy atom. The highest BCUT2D eigenvalue weighted by Gasteiger charge is 2.30. The molecule has 150 valence electrons. The molecular formula is C24H31FN2O. The van der Waals surface area contributed by atoms with E-state index in [4.69, 9.17) is 0 Å². The van der Waals surface area contributed by atoms with Gasteiger partial charge >= 0.3 is 0 Å². The van der Waals surface area contributed by atoms with Gasteiger partial charge in [0.05, 0.1) is 0 Å². The predicted molar refractivity (Wildman–Crippen MR) is 113 cm³/mol. The molecule has 3 nitrogen and oxygen atoms in total. The van der Waals surface area contributed by atoms with Gasteiger partial charge in [-0.15, -0.1) is 0 Å². The number of carbonyl (C=O) groups excluding carboxylic acids is 1. The average molecular weight is 383 g/mol. The SMILES string of the molecule is Cc1ccc(CN2CCC(N(C(=O)C(C)C)c3ccc(F)cc3)CC2)cc1C. The zero-order chi connectivity index (χ0) is 20.3. The molecule has 0 spiro atoms. The third kappa shape index (κ3) is 4.79. The average Bonchev–Trinajstić information content (AvgIpc) is 2.67. The highest BCUT2D eigenvalue weighted by molar-refractivity contribution is 5.95. The van der Waals surface area contributed by atoms with Gasteiger partial charge in [0, 0.05) is 37.3 Å². The molecule has 0 radical (unpaired) electrons. The molecule has 0 N–H and O–H groups in total. The van der Waals surface area contributed by atoms with Crippen LogP contribution in [-0.2, 0) is 11.3 Å². The van der Waals surface area contributed by atoms with Crippen molar-refractivity contribution < 1.29 is 9.18 Å². The van der Waals surface area contributed by atoms with Crippen molar-refractivity contribution >= 4 is 11.6 Å². The molecule has 3 rings (SSSR count). The minimum atomic E-state index is -0.274. The number of piperidine rings is 1. The maximum Gasteiger partial charge on any atom is 0.229 e. The second-order valence-corrected chi connectivity index (χ2v) is 8.27. The lowest BCUT2D eigenvalue weighted by Crippen LogP contribution is -2.48. The van der Waals surface area contributed by atoms with E-state index in [0.717, 1.165) is 38.2 Å². The van der Waals surface area contributed by atoms with Crippen molar-refractivity contribution in [2.75, 3.05) is 18.0 Å². The summed E-state index contributed by atoms with van der Waals surface area (Å²) in [7, 11) is 0. The fourth-order valence-electron chi connectivity index (χ4n) is 3.89. The highest BCUT2D eigenvalue weighted by Crippen LogP contribution is 2.27. The van der Waals surface area contributed by atoms with Crippen LogP contribution in [0.15, 0.2) is 42.5 Å². The highest BCUT2D eigenvalue weighted by atomic mass is 19.1. The molecular weight excluding hydrogens is 351 g/mol. The van der Waals surface area contributed by atoms with Crippen molar-refractivity contribution in [2.24, 2.45) is 5.92 Å². The van der Waals surface area contributed by atoms with Crippen molar-refractivity contribution in [3.8, 4) is 0 Å². The van der Waals surface area contributed by atoms with Crippen LogP contribution in [0.1, 0.15) is 43.4 Å². The molecule has 0 atom stereocenters. The Hall–Kier alpha value is -2.20. The molecule has 2 aromatic carbocycles. The Morgan fingerprint density at radius 3 is 2.29 bits per heavy atom. The van der Waals surface area contributed by atoms with Gasteiger partial charge in [0.1, 0.15) is 5.82 Å². The summed E-state index contributed by atoms with van der Waals surface area (Å²) >= 11 is 0. The number of benzene rings is 2. The summed E-state index contributed by atoms with van der Waals surface area (Å²) in [4.78, 5) is 17.3. The third-order valence-electron chi connectivity index (χ3n) is 5.74. The van der Waals surface area contributed by atoms with Gasteiger partial charge in [0.25, 0.3) is 0 Å². The van der Waals surface area contributed by atoms with E-state index in [1.807, 2.05) is 18.7 Å². The molecule has 0 aliphatic carbocycles. The zero-order valence-corrected chi connectivity index (χ0v) is 17.4. The molecule has 1 aliphatic rings. The van der Waals surface area contributed by atoms with Gasteiger partial charge in [-0.3, -0.25) is 9.69 Å². The second-order valence-electron chi connectivity index (χ2n) is 8.27. The van der Waals surface area contributed by atoms with Gasteiger partial charge in [-0.05, 0) is 67.6 Å². The first-order chi connectivity index (χ1) is 13.3. The van der Waals surface area contributed by atoms with E-state index in [2.05, 4.69) is 36.9 Å². The van der Waals surface area contributed by atoms with E-state index in [1.165, 1.54) is 28.8 Å². The van der Waals surface area contributed by atoms with E-state index in [1.54, 1.807) is 12.1 Å². The molecule has 28 heavy (non-hydrogen) atoms. The second kappa shape index (κ2) is 8.87. The molecule has 2 aromatic rings. The topological polar surface area (TPSA) is 23.6 Å². The van der Waals surface area contributed by atoms with Crippen LogP contribution in [0.3, 0.4) is 0 Å². The fraction of sp³-hybridized carbons (Fsp3) is 0.458. The Balaban J connectivity index is 1.68. The normalized spacial score (nSPS) is 15.8. The van der Waals surface area contributed by atoms with Gasteiger partial charge in [-0.2, -0.15) is 0 Å². The van der Waals surface area contributed by atoms with E-state index in [-0.39, 0.29) is 23.7 Å². The van der Waals surface area contributed by atoms with E-state index >= 15 is 0 Å². The van der Waals surface area contributed by atoms with Crippen LogP contribution >= 0.6 is 0 Å². The molecule has 4 heteroatoms. The number of aryl methyl sites for hydroxylation is 2. The molecule has 0 aromatic heterocycles. The summed E-state index contributed by atoms with van der Waals surface area (Å²) in [6.07, 6.45) is 1.86. The van der Waals surface area contributed by atoms with Crippen LogP contribution < -0.4 is 4.90 Å². The first kappa shape index (κ1) is 20.5. The minimum Gasteiger partial charge on any atom is -0.309 e. The molecule has 0 unspecified atom stereocenters. The number of amides is 1. The maximum atomic E-state index is 13.4. The lowest BCUT2D eigenvalue weighted by Gasteiger charge is -2.39. The molecule has 1 fully saturated rings. The lowest BCUT2D eigenvalue weighted by atomic mass is 9.99. The Bertz CT molecular complexity index is 808. The monoisotopic (exact) mass is 382 g/mol. The van der Waals surface area contributed by atoms with Crippen LogP contribution in [-0.4, -0.2) is 29.9 Å². The van der Waals surface area contributed by atoms with Gasteiger partial charge < -0.3 is 4.90 Å². The van der Waals surface area contributed by atoms with Gasteiger partial charge in [-0.1, -0.05) is 32.0 Å². The van der Waals surface area contributed by atoms with Gasteiger partial charge in [0.15, 0.2) is 0 Å². The molecule has 1 amide bonds. The fourth-order valence-corrected chi connectivity index (χ4v) is 3.89. The molecule has 1 saturated heterocycles. The Morgan fingerprint density at radius 2 is 1.71 bits per heavy atom. The number of carbonyl (C=O) groups is 1. The predicted octanol–water partition coefficient (Wildman–Crippen LogP) is 5.10. The largest absolute Gasteiger partial charge is 0.309 e. The quantitative estimate of drug-likeness (QED) is 0.719. The summed E-state index contributed by atoms with van der Waals surface area (Å²) in [5, 5.41) is 0. The Kier molecular flexibility index (Phi) is 6.50.